The Hall–Kier alpha value is -3.00. The van der Waals surface area contributed by atoms with Gasteiger partial charge < -0.3 is 14.5 Å². The zero-order chi connectivity index (χ0) is 20.3. The first-order valence-electron chi connectivity index (χ1n) is 9.85. The Bertz CT molecular complexity index is 945. The van der Waals surface area contributed by atoms with E-state index in [0.717, 1.165) is 18.5 Å². The highest BCUT2D eigenvalue weighted by molar-refractivity contribution is 5.95. The van der Waals surface area contributed by atoms with Gasteiger partial charge in [-0.3, -0.25) is 14.2 Å². The molecule has 4 rings (SSSR count). The minimum atomic E-state index is -0.454. The largest absolute Gasteiger partial charge is 0.363 e. The normalized spacial score (nSPS) is 22.6. The van der Waals surface area contributed by atoms with E-state index in [4.69, 9.17) is 4.74 Å². The van der Waals surface area contributed by atoms with Gasteiger partial charge in [0.2, 0.25) is 5.91 Å². The third-order valence-corrected chi connectivity index (χ3v) is 5.66. The maximum atomic E-state index is 12.7. The van der Waals surface area contributed by atoms with Gasteiger partial charge in [-0.15, -0.1) is 0 Å². The first-order chi connectivity index (χ1) is 14.1. The van der Waals surface area contributed by atoms with Gasteiger partial charge in [0.25, 0.3) is 5.91 Å². The van der Waals surface area contributed by atoms with Crippen molar-refractivity contribution in [2.24, 2.45) is 0 Å². The summed E-state index contributed by atoms with van der Waals surface area (Å²) in [7, 11) is 0. The summed E-state index contributed by atoms with van der Waals surface area (Å²) < 4.78 is 7.34. The first kappa shape index (κ1) is 19.3. The summed E-state index contributed by atoms with van der Waals surface area (Å²) in [4.78, 5) is 44.2. The number of likely N-dealkylation sites (tertiary alicyclic amines) is 1. The lowest BCUT2D eigenvalue weighted by Gasteiger charge is -2.42. The van der Waals surface area contributed by atoms with Gasteiger partial charge in [0.1, 0.15) is 13.2 Å². The molecule has 1 aromatic carbocycles. The highest BCUT2D eigenvalue weighted by atomic mass is 16.5. The van der Waals surface area contributed by atoms with Crippen molar-refractivity contribution >= 4 is 17.5 Å². The predicted octanol–water partition coefficient (Wildman–Crippen LogP) is 1.06. The number of nitrogens with zero attached hydrogens (tertiary/aromatic N) is 4. The molecule has 0 radical (unpaired) electrons. The minimum absolute atomic E-state index is 0.0187. The third kappa shape index (κ3) is 4.22. The van der Waals surface area contributed by atoms with Gasteiger partial charge in [0.15, 0.2) is 0 Å². The van der Waals surface area contributed by atoms with E-state index in [9.17, 15) is 14.4 Å². The maximum Gasteiger partial charge on any atom is 0.347 e. The quantitative estimate of drug-likeness (QED) is 0.775. The molecule has 1 unspecified atom stereocenters. The predicted molar refractivity (Wildman–Crippen MR) is 106 cm³/mol. The van der Waals surface area contributed by atoms with Crippen molar-refractivity contribution in [2.45, 2.75) is 31.4 Å². The van der Waals surface area contributed by atoms with E-state index in [1.807, 2.05) is 30.3 Å². The molecule has 3 heterocycles. The smallest absolute Gasteiger partial charge is 0.347 e. The van der Waals surface area contributed by atoms with Crippen molar-refractivity contribution in [3.8, 4) is 0 Å². The Balaban J connectivity index is 1.44. The van der Waals surface area contributed by atoms with E-state index in [1.165, 1.54) is 10.8 Å². The molecule has 1 atom stereocenters. The lowest BCUT2D eigenvalue weighted by Crippen LogP contribution is -2.55. The average Bonchev–Trinajstić information content (AvgIpc) is 2.95. The standard InChI is InChI=1S/C21H24N4O4/c26-18(14-24-12-5-10-22-20(24)28)23-11-4-8-21(9-13-23)16-25(19(27)15-29-21)17-6-2-1-3-7-17/h1-3,5-7,10,12H,4,8-9,11,13-16H2. The monoisotopic (exact) mass is 396 g/mol. The van der Waals surface area contributed by atoms with Crippen molar-refractivity contribution < 1.29 is 14.3 Å². The molecule has 8 heteroatoms. The van der Waals surface area contributed by atoms with Crippen LogP contribution in [0.15, 0.2) is 53.6 Å². The van der Waals surface area contributed by atoms with Gasteiger partial charge in [0, 0.05) is 31.2 Å². The van der Waals surface area contributed by atoms with Crippen LogP contribution < -0.4 is 10.6 Å². The molecule has 2 aromatic rings. The molecule has 152 valence electrons. The van der Waals surface area contributed by atoms with E-state index in [0.29, 0.717) is 26.1 Å². The van der Waals surface area contributed by atoms with Crippen molar-refractivity contribution in [3.05, 3.63) is 59.3 Å². The molecule has 2 aliphatic heterocycles. The van der Waals surface area contributed by atoms with Gasteiger partial charge in [-0.1, -0.05) is 18.2 Å². The Kier molecular flexibility index (Phi) is 5.44. The lowest BCUT2D eigenvalue weighted by molar-refractivity contribution is -0.141. The summed E-state index contributed by atoms with van der Waals surface area (Å²) in [6, 6.07) is 11.2. The van der Waals surface area contributed by atoms with Crippen LogP contribution in [0, 0.1) is 0 Å². The van der Waals surface area contributed by atoms with Crippen LogP contribution in [0.2, 0.25) is 0 Å². The van der Waals surface area contributed by atoms with Crippen molar-refractivity contribution in [2.75, 3.05) is 31.1 Å². The number of morpholine rings is 1. The number of aromatic nitrogens is 2. The van der Waals surface area contributed by atoms with Crippen molar-refractivity contribution in [1.29, 1.82) is 0 Å². The van der Waals surface area contributed by atoms with Crippen LogP contribution >= 0.6 is 0 Å². The molecule has 29 heavy (non-hydrogen) atoms. The number of rotatable bonds is 3. The molecule has 2 fully saturated rings. The number of hydrogen-bond donors (Lipinski definition) is 0. The number of ether oxygens (including phenoxy) is 1. The van der Waals surface area contributed by atoms with Crippen molar-refractivity contribution in [3.63, 3.8) is 0 Å². The number of carbonyl (C=O) groups excluding carboxylic acids is 2. The summed E-state index contributed by atoms with van der Waals surface area (Å²) in [5, 5.41) is 0. The Morgan fingerprint density at radius 1 is 1.10 bits per heavy atom. The number of amides is 2. The van der Waals surface area contributed by atoms with Crippen LogP contribution in [0.1, 0.15) is 19.3 Å². The molecule has 0 aliphatic carbocycles. The molecule has 0 saturated carbocycles. The van der Waals surface area contributed by atoms with E-state index in [2.05, 4.69) is 4.98 Å². The molecule has 2 saturated heterocycles. The second-order valence-electron chi connectivity index (χ2n) is 7.55. The third-order valence-electron chi connectivity index (χ3n) is 5.66. The summed E-state index contributed by atoms with van der Waals surface area (Å²) in [6.45, 7) is 1.66. The molecule has 0 bridgehead atoms. The Morgan fingerprint density at radius 2 is 1.93 bits per heavy atom. The molecule has 2 amide bonds. The molecular formula is C21H24N4O4. The van der Waals surface area contributed by atoms with E-state index < -0.39 is 11.3 Å². The Labute approximate surface area is 168 Å². The molecule has 8 nitrogen and oxygen atoms in total. The fourth-order valence-corrected chi connectivity index (χ4v) is 4.03. The Morgan fingerprint density at radius 3 is 2.72 bits per heavy atom. The van der Waals surface area contributed by atoms with Crippen LogP contribution in [0.3, 0.4) is 0 Å². The molecule has 1 aromatic heterocycles. The van der Waals surface area contributed by atoms with Gasteiger partial charge in [0.05, 0.1) is 12.1 Å². The first-order valence-corrected chi connectivity index (χ1v) is 9.85. The van der Waals surface area contributed by atoms with Crippen LogP contribution in [0.4, 0.5) is 5.69 Å². The zero-order valence-electron chi connectivity index (χ0n) is 16.2. The van der Waals surface area contributed by atoms with Gasteiger partial charge >= 0.3 is 5.69 Å². The highest BCUT2D eigenvalue weighted by Gasteiger charge is 2.41. The summed E-state index contributed by atoms with van der Waals surface area (Å²) in [5.41, 5.74) is -0.0164. The van der Waals surface area contributed by atoms with Gasteiger partial charge in [-0.25, -0.2) is 9.78 Å². The minimum Gasteiger partial charge on any atom is -0.363 e. The summed E-state index contributed by atoms with van der Waals surface area (Å²) >= 11 is 0. The molecule has 2 aliphatic rings. The number of benzene rings is 1. The van der Waals surface area contributed by atoms with Gasteiger partial charge in [-0.2, -0.15) is 0 Å². The molecule has 0 N–H and O–H groups in total. The lowest BCUT2D eigenvalue weighted by atomic mass is 9.92. The van der Waals surface area contributed by atoms with E-state index >= 15 is 0 Å². The average molecular weight is 396 g/mol. The second-order valence-corrected chi connectivity index (χ2v) is 7.55. The highest BCUT2D eigenvalue weighted by Crippen LogP contribution is 2.32. The zero-order valence-corrected chi connectivity index (χ0v) is 16.2. The number of para-hydroxylation sites is 1. The molecule has 1 spiro atoms. The maximum absolute atomic E-state index is 12.7. The SMILES string of the molecule is O=C(Cn1cccnc1=O)N1CCCC2(CC1)CN(c1ccccc1)C(=O)CO2. The number of hydrogen-bond acceptors (Lipinski definition) is 5. The van der Waals surface area contributed by atoms with Crippen LogP contribution in [0.5, 0.6) is 0 Å². The van der Waals surface area contributed by atoms with E-state index in [-0.39, 0.29) is 25.0 Å². The van der Waals surface area contributed by atoms with Crippen LogP contribution in [-0.2, 0) is 20.9 Å². The van der Waals surface area contributed by atoms with E-state index in [1.54, 1.807) is 22.1 Å². The van der Waals surface area contributed by atoms with Crippen molar-refractivity contribution in [1.82, 2.24) is 14.5 Å². The topological polar surface area (TPSA) is 84.7 Å². The summed E-state index contributed by atoms with van der Waals surface area (Å²) in [5.74, 6) is -0.154. The fourth-order valence-electron chi connectivity index (χ4n) is 4.03. The van der Waals surface area contributed by atoms with Crippen LogP contribution in [-0.4, -0.2) is 58.1 Å². The second kappa shape index (κ2) is 8.16. The van der Waals surface area contributed by atoms with Gasteiger partial charge in [-0.05, 0) is 37.5 Å². The van der Waals surface area contributed by atoms with Crippen LogP contribution in [0.25, 0.3) is 0 Å². The fraction of sp³-hybridized carbons (Fsp3) is 0.429. The number of carbonyl (C=O) groups is 2. The number of anilines is 1. The summed E-state index contributed by atoms with van der Waals surface area (Å²) in [6.07, 6.45) is 5.20. The molecular weight excluding hydrogens is 372 g/mol.